The van der Waals surface area contributed by atoms with Crippen LogP contribution in [-0.4, -0.2) is 33.7 Å². The van der Waals surface area contributed by atoms with E-state index in [1.807, 2.05) is 24.3 Å². The summed E-state index contributed by atoms with van der Waals surface area (Å²) < 4.78 is 26.2. The number of nitrogens with one attached hydrogen (secondary N) is 1. The maximum Gasteiger partial charge on any atom is 0.232 e. The molecule has 0 saturated carbocycles. The van der Waals surface area contributed by atoms with Gasteiger partial charge in [0.15, 0.2) is 0 Å². The van der Waals surface area contributed by atoms with Crippen molar-refractivity contribution in [3.63, 3.8) is 0 Å². The summed E-state index contributed by atoms with van der Waals surface area (Å²) in [5.74, 6) is 0.743. The number of hydrogen-bond acceptors (Lipinski definition) is 3. The normalized spacial score (nSPS) is 12.8. The van der Waals surface area contributed by atoms with E-state index in [4.69, 9.17) is 0 Å². The highest BCUT2D eigenvalue weighted by Crippen LogP contribution is 2.29. The first-order valence-electron chi connectivity index (χ1n) is 10.5. The lowest BCUT2D eigenvalue weighted by Gasteiger charge is -2.26. The SMILES string of the molecule is CCCCC(CC)CNC(=O)CCCN(c1ccccc1C(C)C)S(C)(=O)=O. The van der Waals surface area contributed by atoms with Crippen molar-refractivity contribution in [2.75, 3.05) is 23.7 Å². The number of carbonyl (C=O) groups excluding carboxylic acids is 1. The smallest absolute Gasteiger partial charge is 0.232 e. The molecule has 0 radical (unpaired) electrons. The van der Waals surface area contributed by atoms with Gasteiger partial charge in [0.25, 0.3) is 0 Å². The molecule has 0 aliphatic carbocycles. The molecule has 1 aromatic rings. The summed E-state index contributed by atoms with van der Waals surface area (Å²) in [7, 11) is -3.41. The molecule has 1 amide bonds. The first-order valence-corrected chi connectivity index (χ1v) is 12.4. The first-order chi connectivity index (χ1) is 13.2. The maximum absolute atomic E-state index is 12.4. The summed E-state index contributed by atoms with van der Waals surface area (Å²) in [5.41, 5.74) is 1.71. The van der Waals surface area contributed by atoms with Gasteiger partial charge in [0.2, 0.25) is 15.9 Å². The fourth-order valence-electron chi connectivity index (χ4n) is 3.34. The Balaban J connectivity index is 2.65. The zero-order valence-electron chi connectivity index (χ0n) is 18.2. The molecule has 5 nitrogen and oxygen atoms in total. The Morgan fingerprint density at radius 1 is 1.14 bits per heavy atom. The minimum Gasteiger partial charge on any atom is -0.356 e. The van der Waals surface area contributed by atoms with Crippen molar-refractivity contribution in [3.8, 4) is 0 Å². The number of anilines is 1. The second-order valence-corrected chi connectivity index (χ2v) is 9.78. The van der Waals surface area contributed by atoms with E-state index in [9.17, 15) is 13.2 Å². The Bertz CT molecular complexity index is 701. The number of nitrogens with zero attached hydrogens (tertiary/aromatic N) is 1. The zero-order chi connectivity index (χ0) is 21.2. The van der Waals surface area contributed by atoms with Crippen LogP contribution in [0.1, 0.15) is 77.7 Å². The third-order valence-electron chi connectivity index (χ3n) is 5.12. The van der Waals surface area contributed by atoms with Crippen LogP contribution in [0.25, 0.3) is 0 Å². The summed E-state index contributed by atoms with van der Waals surface area (Å²) in [5, 5.41) is 3.02. The van der Waals surface area contributed by atoms with Crippen molar-refractivity contribution in [2.45, 2.75) is 72.1 Å². The molecule has 1 atom stereocenters. The van der Waals surface area contributed by atoms with Gasteiger partial charge in [-0.1, -0.05) is 65.2 Å². The number of unbranched alkanes of at least 4 members (excludes halogenated alkanes) is 1. The Labute approximate surface area is 172 Å². The van der Waals surface area contributed by atoms with E-state index in [2.05, 4.69) is 33.0 Å². The lowest BCUT2D eigenvalue weighted by atomic mass is 9.99. The van der Waals surface area contributed by atoms with Gasteiger partial charge in [-0.3, -0.25) is 9.10 Å². The fraction of sp³-hybridized carbons (Fsp3) is 0.682. The Morgan fingerprint density at radius 2 is 1.82 bits per heavy atom. The molecular weight excluding hydrogens is 372 g/mol. The Hall–Kier alpha value is -1.56. The number of rotatable bonds is 13. The van der Waals surface area contributed by atoms with Gasteiger partial charge in [-0.25, -0.2) is 8.42 Å². The minimum absolute atomic E-state index is 0.000504. The van der Waals surface area contributed by atoms with Crippen molar-refractivity contribution in [3.05, 3.63) is 29.8 Å². The van der Waals surface area contributed by atoms with Crippen LogP contribution in [0.4, 0.5) is 5.69 Å². The summed E-state index contributed by atoms with van der Waals surface area (Å²) in [6.45, 7) is 9.45. The van der Waals surface area contributed by atoms with Gasteiger partial charge in [-0.2, -0.15) is 0 Å². The summed E-state index contributed by atoms with van der Waals surface area (Å²) >= 11 is 0. The highest BCUT2D eigenvalue weighted by molar-refractivity contribution is 7.92. The van der Waals surface area contributed by atoms with E-state index in [0.29, 0.717) is 37.5 Å². The number of benzene rings is 1. The molecule has 0 aliphatic heterocycles. The van der Waals surface area contributed by atoms with Gasteiger partial charge >= 0.3 is 0 Å². The molecule has 1 unspecified atom stereocenters. The van der Waals surface area contributed by atoms with E-state index >= 15 is 0 Å². The summed E-state index contributed by atoms with van der Waals surface area (Å²) in [6.07, 6.45) is 6.62. The zero-order valence-corrected chi connectivity index (χ0v) is 19.0. The van der Waals surface area contributed by atoms with Crippen LogP contribution in [0.2, 0.25) is 0 Å². The van der Waals surface area contributed by atoms with Gasteiger partial charge in [0, 0.05) is 19.5 Å². The molecule has 1 rings (SSSR count). The topological polar surface area (TPSA) is 66.5 Å². The van der Waals surface area contributed by atoms with Gasteiger partial charge < -0.3 is 5.32 Å². The number of amides is 1. The number of hydrogen-bond donors (Lipinski definition) is 1. The quantitative estimate of drug-likeness (QED) is 0.513. The molecule has 0 bridgehead atoms. The molecule has 0 heterocycles. The highest BCUT2D eigenvalue weighted by atomic mass is 32.2. The second kappa shape index (κ2) is 12.1. The van der Waals surface area contributed by atoms with Gasteiger partial charge in [-0.05, 0) is 36.3 Å². The number of sulfonamides is 1. The van der Waals surface area contributed by atoms with Crippen molar-refractivity contribution < 1.29 is 13.2 Å². The van der Waals surface area contributed by atoms with Gasteiger partial charge in [0.1, 0.15) is 0 Å². The molecule has 6 heteroatoms. The van der Waals surface area contributed by atoms with E-state index in [0.717, 1.165) is 18.4 Å². The monoisotopic (exact) mass is 410 g/mol. The largest absolute Gasteiger partial charge is 0.356 e. The van der Waals surface area contributed by atoms with E-state index in [1.165, 1.54) is 23.4 Å². The molecule has 0 aromatic heterocycles. The molecule has 0 saturated heterocycles. The molecule has 28 heavy (non-hydrogen) atoms. The van der Waals surface area contributed by atoms with Crippen LogP contribution >= 0.6 is 0 Å². The second-order valence-electron chi connectivity index (χ2n) is 7.87. The van der Waals surface area contributed by atoms with Crippen molar-refractivity contribution in [1.29, 1.82) is 0 Å². The standard InChI is InChI=1S/C22H38N2O3S/c1-6-8-12-19(7-2)17-23-22(25)15-11-16-24(28(5,26)27)21-14-10-9-13-20(21)18(3)4/h9-10,13-14,18-19H,6-8,11-12,15-17H2,1-5H3,(H,23,25). The Kier molecular flexibility index (Phi) is 10.6. The predicted octanol–water partition coefficient (Wildman–Crippen LogP) is 4.69. The minimum atomic E-state index is -3.41. The van der Waals surface area contributed by atoms with E-state index < -0.39 is 10.0 Å². The molecule has 160 valence electrons. The predicted molar refractivity (Wildman–Crippen MR) is 118 cm³/mol. The Morgan fingerprint density at radius 3 is 2.39 bits per heavy atom. The van der Waals surface area contributed by atoms with Crippen molar-refractivity contribution >= 4 is 21.6 Å². The molecule has 0 fully saturated rings. The number of para-hydroxylation sites is 1. The van der Waals surface area contributed by atoms with E-state index in [-0.39, 0.29) is 11.8 Å². The number of carbonyl (C=O) groups is 1. The molecule has 0 spiro atoms. The van der Waals surface area contributed by atoms with Gasteiger partial charge in [0.05, 0.1) is 11.9 Å². The van der Waals surface area contributed by atoms with Crippen molar-refractivity contribution in [2.24, 2.45) is 5.92 Å². The van der Waals surface area contributed by atoms with Crippen LogP contribution in [0.5, 0.6) is 0 Å². The summed E-state index contributed by atoms with van der Waals surface area (Å²) in [4.78, 5) is 12.2. The highest BCUT2D eigenvalue weighted by Gasteiger charge is 2.21. The van der Waals surface area contributed by atoms with Crippen molar-refractivity contribution in [1.82, 2.24) is 5.32 Å². The van der Waals surface area contributed by atoms with E-state index in [1.54, 1.807) is 0 Å². The van der Waals surface area contributed by atoms with Crippen LogP contribution in [-0.2, 0) is 14.8 Å². The molecule has 1 aromatic carbocycles. The lowest BCUT2D eigenvalue weighted by molar-refractivity contribution is -0.121. The van der Waals surface area contributed by atoms with Gasteiger partial charge in [-0.15, -0.1) is 0 Å². The summed E-state index contributed by atoms with van der Waals surface area (Å²) in [6, 6.07) is 7.59. The third kappa shape index (κ3) is 8.21. The molecule has 0 aliphatic rings. The molecular formula is C22H38N2O3S. The average molecular weight is 411 g/mol. The van der Waals surface area contributed by atoms with Crippen LogP contribution in [0.15, 0.2) is 24.3 Å². The van der Waals surface area contributed by atoms with Crippen LogP contribution in [0, 0.1) is 5.92 Å². The maximum atomic E-state index is 12.4. The third-order valence-corrected chi connectivity index (χ3v) is 6.30. The molecule has 1 N–H and O–H groups in total. The average Bonchev–Trinajstić information content (AvgIpc) is 2.64. The first kappa shape index (κ1) is 24.5. The lowest BCUT2D eigenvalue weighted by Crippen LogP contribution is -2.33. The fourth-order valence-corrected chi connectivity index (χ4v) is 4.33. The van der Waals surface area contributed by atoms with Crippen LogP contribution < -0.4 is 9.62 Å². The van der Waals surface area contributed by atoms with Crippen LogP contribution in [0.3, 0.4) is 0 Å².